The highest BCUT2D eigenvalue weighted by Crippen LogP contribution is 2.13. The first-order valence-corrected chi connectivity index (χ1v) is 7.82. The Morgan fingerprint density at radius 3 is 1.76 bits per heavy atom. The molecule has 0 heterocycles. The van der Waals surface area contributed by atoms with Gasteiger partial charge in [-0.05, 0) is 24.6 Å². The van der Waals surface area contributed by atoms with Crippen molar-refractivity contribution in [3.05, 3.63) is 71.8 Å². The minimum Gasteiger partial charge on any atom is -0.315 e. The van der Waals surface area contributed by atoms with E-state index in [9.17, 15) is 0 Å². The highest BCUT2D eigenvalue weighted by molar-refractivity contribution is 5.17. The Labute approximate surface area is 128 Å². The van der Waals surface area contributed by atoms with Crippen LogP contribution in [0.5, 0.6) is 0 Å². The van der Waals surface area contributed by atoms with Crippen LogP contribution >= 0.6 is 0 Å². The Morgan fingerprint density at radius 2 is 1.33 bits per heavy atom. The van der Waals surface area contributed by atoms with E-state index < -0.39 is 0 Å². The van der Waals surface area contributed by atoms with Gasteiger partial charge in [0.25, 0.3) is 0 Å². The lowest BCUT2D eigenvalue weighted by Gasteiger charge is -2.29. The first-order valence-electron chi connectivity index (χ1n) is 7.82. The zero-order valence-corrected chi connectivity index (χ0v) is 13.1. The second-order valence-electron chi connectivity index (χ2n) is 5.53. The van der Waals surface area contributed by atoms with Crippen molar-refractivity contribution in [3.8, 4) is 0 Å². The third-order valence-corrected chi connectivity index (χ3v) is 3.77. The molecule has 0 aromatic heterocycles. The molecule has 0 amide bonds. The maximum atomic E-state index is 3.46. The lowest BCUT2D eigenvalue weighted by molar-refractivity contribution is 0.187. The average Bonchev–Trinajstić information content (AvgIpc) is 2.54. The van der Waals surface area contributed by atoms with Crippen LogP contribution < -0.4 is 5.32 Å². The van der Waals surface area contributed by atoms with E-state index in [4.69, 9.17) is 0 Å². The van der Waals surface area contributed by atoms with E-state index in [2.05, 4.69) is 84.7 Å². The van der Waals surface area contributed by atoms with Crippen LogP contribution in [0.2, 0.25) is 0 Å². The van der Waals surface area contributed by atoms with E-state index in [0.29, 0.717) is 6.04 Å². The van der Waals surface area contributed by atoms with Gasteiger partial charge in [-0.2, -0.15) is 0 Å². The molecule has 2 aromatic carbocycles. The molecule has 1 atom stereocenters. The van der Waals surface area contributed by atoms with Gasteiger partial charge in [0.1, 0.15) is 0 Å². The van der Waals surface area contributed by atoms with Gasteiger partial charge in [-0.1, -0.05) is 67.6 Å². The molecule has 2 rings (SSSR count). The van der Waals surface area contributed by atoms with Crippen molar-refractivity contribution in [1.29, 1.82) is 0 Å². The number of nitrogens with zero attached hydrogens (tertiary/aromatic N) is 1. The van der Waals surface area contributed by atoms with Crippen molar-refractivity contribution in [1.82, 2.24) is 10.2 Å². The molecule has 0 bridgehead atoms. The molecule has 0 aliphatic heterocycles. The second-order valence-corrected chi connectivity index (χ2v) is 5.53. The molecule has 0 radical (unpaired) electrons. The van der Waals surface area contributed by atoms with Crippen LogP contribution in [0.4, 0.5) is 0 Å². The molecule has 0 spiro atoms. The van der Waals surface area contributed by atoms with Gasteiger partial charge in [-0.15, -0.1) is 0 Å². The van der Waals surface area contributed by atoms with Crippen LogP contribution in [0, 0.1) is 0 Å². The van der Waals surface area contributed by atoms with Gasteiger partial charge in [0.2, 0.25) is 0 Å². The Balaban J connectivity index is 2.06. The van der Waals surface area contributed by atoms with Gasteiger partial charge in [-0.3, -0.25) is 4.90 Å². The topological polar surface area (TPSA) is 15.3 Å². The summed E-state index contributed by atoms with van der Waals surface area (Å²) < 4.78 is 0. The highest BCUT2D eigenvalue weighted by atomic mass is 15.2. The van der Waals surface area contributed by atoms with Gasteiger partial charge in [-0.25, -0.2) is 0 Å². The fourth-order valence-corrected chi connectivity index (χ4v) is 2.49. The van der Waals surface area contributed by atoms with Crippen LogP contribution in [0.1, 0.15) is 25.0 Å². The molecule has 2 nitrogen and oxygen atoms in total. The SMILES string of the molecule is CCNCC(C)N(Cc1ccccc1)Cc1ccccc1. The fourth-order valence-electron chi connectivity index (χ4n) is 2.49. The molecule has 0 saturated heterocycles. The molecule has 112 valence electrons. The fraction of sp³-hybridized carbons (Fsp3) is 0.368. The van der Waals surface area contributed by atoms with Crippen molar-refractivity contribution in [2.24, 2.45) is 0 Å². The van der Waals surface area contributed by atoms with Crippen LogP contribution in [-0.2, 0) is 13.1 Å². The van der Waals surface area contributed by atoms with E-state index in [-0.39, 0.29) is 0 Å². The van der Waals surface area contributed by atoms with Crippen molar-refractivity contribution < 1.29 is 0 Å². The summed E-state index contributed by atoms with van der Waals surface area (Å²) in [5, 5.41) is 3.46. The predicted molar refractivity (Wildman–Crippen MR) is 90.1 cm³/mol. The summed E-state index contributed by atoms with van der Waals surface area (Å²) in [5.41, 5.74) is 2.74. The zero-order valence-electron chi connectivity index (χ0n) is 13.1. The Bertz CT molecular complexity index is 454. The second kappa shape index (κ2) is 8.60. The third-order valence-electron chi connectivity index (χ3n) is 3.77. The molecular weight excluding hydrogens is 256 g/mol. The summed E-state index contributed by atoms with van der Waals surface area (Å²) in [6, 6.07) is 21.9. The van der Waals surface area contributed by atoms with Crippen molar-refractivity contribution in [2.45, 2.75) is 33.0 Å². The van der Waals surface area contributed by atoms with Gasteiger partial charge in [0, 0.05) is 25.7 Å². The summed E-state index contributed by atoms with van der Waals surface area (Å²) in [4.78, 5) is 2.54. The molecule has 1 N–H and O–H groups in total. The normalized spacial score (nSPS) is 12.5. The van der Waals surface area contributed by atoms with E-state index in [0.717, 1.165) is 26.2 Å². The number of benzene rings is 2. The molecule has 0 saturated carbocycles. The molecule has 0 aliphatic carbocycles. The average molecular weight is 282 g/mol. The summed E-state index contributed by atoms with van der Waals surface area (Å²) in [6.45, 7) is 8.48. The van der Waals surface area contributed by atoms with Gasteiger partial charge >= 0.3 is 0 Å². The monoisotopic (exact) mass is 282 g/mol. The molecule has 1 unspecified atom stereocenters. The van der Waals surface area contributed by atoms with Crippen molar-refractivity contribution >= 4 is 0 Å². The molecule has 0 fully saturated rings. The summed E-state index contributed by atoms with van der Waals surface area (Å²) in [7, 11) is 0. The predicted octanol–water partition coefficient (Wildman–Crippen LogP) is 3.69. The first-order chi connectivity index (χ1) is 10.3. The van der Waals surface area contributed by atoms with E-state index >= 15 is 0 Å². The first kappa shape index (κ1) is 15.7. The Hall–Kier alpha value is -1.64. The van der Waals surface area contributed by atoms with Gasteiger partial charge < -0.3 is 5.32 Å². The molecule has 0 aliphatic rings. The molecule has 2 aromatic rings. The van der Waals surface area contributed by atoms with E-state index in [1.165, 1.54) is 11.1 Å². The van der Waals surface area contributed by atoms with E-state index in [1.54, 1.807) is 0 Å². The third kappa shape index (κ3) is 5.33. The lowest BCUT2D eigenvalue weighted by atomic mass is 10.1. The summed E-state index contributed by atoms with van der Waals surface area (Å²) in [6.07, 6.45) is 0. The zero-order chi connectivity index (χ0) is 14.9. The minimum atomic E-state index is 0.505. The molecule has 2 heteroatoms. The smallest absolute Gasteiger partial charge is 0.0240 e. The lowest BCUT2D eigenvalue weighted by Crippen LogP contribution is -2.39. The quantitative estimate of drug-likeness (QED) is 0.794. The number of nitrogens with one attached hydrogen (secondary N) is 1. The Morgan fingerprint density at radius 1 is 0.857 bits per heavy atom. The maximum absolute atomic E-state index is 3.46. The number of hydrogen-bond donors (Lipinski definition) is 1. The number of hydrogen-bond acceptors (Lipinski definition) is 2. The maximum Gasteiger partial charge on any atom is 0.0240 e. The minimum absolute atomic E-state index is 0.505. The Kier molecular flexibility index (Phi) is 6.45. The molecular formula is C19H26N2. The van der Waals surface area contributed by atoms with Crippen molar-refractivity contribution in [2.75, 3.05) is 13.1 Å². The van der Waals surface area contributed by atoms with Crippen molar-refractivity contribution in [3.63, 3.8) is 0 Å². The van der Waals surface area contributed by atoms with Crippen LogP contribution in [0.3, 0.4) is 0 Å². The number of rotatable bonds is 8. The van der Waals surface area contributed by atoms with E-state index in [1.807, 2.05) is 0 Å². The number of likely N-dealkylation sites (N-methyl/N-ethyl adjacent to an activating group) is 1. The van der Waals surface area contributed by atoms with Crippen LogP contribution in [-0.4, -0.2) is 24.0 Å². The summed E-state index contributed by atoms with van der Waals surface area (Å²) >= 11 is 0. The van der Waals surface area contributed by atoms with Crippen LogP contribution in [0.25, 0.3) is 0 Å². The highest BCUT2D eigenvalue weighted by Gasteiger charge is 2.14. The van der Waals surface area contributed by atoms with Gasteiger partial charge in [0.15, 0.2) is 0 Å². The molecule has 21 heavy (non-hydrogen) atoms. The van der Waals surface area contributed by atoms with Crippen LogP contribution in [0.15, 0.2) is 60.7 Å². The summed E-state index contributed by atoms with van der Waals surface area (Å²) in [5.74, 6) is 0. The standard InChI is InChI=1S/C19H26N2/c1-3-20-14-17(2)21(15-18-10-6-4-7-11-18)16-19-12-8-5-9-13-19/h4-13,17,20H,3,14-16H2,1-2H3. The van der Waals surface area contributed by atoms with Gasteiger partial charge in [0.05, 0.1) is 0 Å². The largest absolute Gasteiger partial charge is 0.315 e.